The summed E-state index contributed by atoms with van der Waals surface area (Å²) in [5, 5.41) is 15.4. The summed E-state index contributed by atoms with van der Waals surface area (Å²) in [4.78, 5) is 7.64. The summed E-state index contributed by atoms with van der Waals surface area (Å²) in [5.74, 6) is -0.265. The zero-order valence-electron chi connectivity index (χ0n) is 18.2. The van der Waals surface area contributed by atoms with Gasteiger partial charge in [0, 0.05) is 36.6 Å². The summed E-state index contributed by atoms with van der Waals surface area (Å²) in [6, 6.07) is 14.2. The van der Waals surface area contributed by atoms with Crippen molar-refractivity contribution in [3.05, 3.63) is 70.5 Å². The second-order valence-electron chi connectivity index (χ2n) is 8.84. The normalized spacial score (nSPS) is 17.5. The Morgan fingerprint density at radius 1 is 1.23 bits per heavy atom. The second kappa shape index (κ2) is 10.6. The largest absolute Gasteiger partial charge is 0.390 e. The molecule has 2 aromatic carbocycles. The van der Waals surface area contributed by atoms with Crippen LogP contribution in [0.15, 0.2) is 53.7 Å². The summed E-state index contributed by atoms with van der Waals surface area (Å²) in [7, 11) is 0. The summed E-state index contributed by atoms with van der Waals surface area (Å²) in [5.41, 5.74) is 2.05. The fourth-order valence-electron chi connectivity index (χ4n) is 3.40. The molecule has 0 saturated heterocycles. The second-order valence-corrected chi connectivity index (χ2v) is 9.28. The predicted octanol–water partition coefficient (Wildman–Crippen LogP) is 4.65. The molecule has 5 nitrogen and oxygen atoms in total. The Kier molecular flexibility index (Phi) is 8.06. The summed E-state index contributed by atoms with van der Waals surface area (Å²) >= 11 is 5.97. The number of hydrogen-bond donors (Lipinski definition) is 1. The van der Waals surface area contributed by atoms with Gasteiger partial charge in [0.15, 0.2) is 0 Å². The van der Waals surface area contributed by atoms with Gasteiger partial charge in [0.05, 0.1) is 24.0 Å². The van der Waals surface area contributed by atoms with Crippen LogP contribution in [0, 0.1) is 5.82 Å². The molecule has 0 saturated carbocycles. The Morgan fingerprint density at radius 2 is 1.94 bits per heavy atom. The maximum Gasteiger partial charge on any atom is 0.145 e. The van der Waals surface area contributed by atoms with Crippen LogP contribution < -0.4 is 0 Å². The van der Waals surface area contributed by atoms with Gasteiger partial charge >= 0.3 is 0 Å². The van der Waals surface area contributed by atoms with Gasteiger partial charge in [-0.15, -0.1) is 0 Å². The van der Waals surface area contributed by atoms with Crippen LogP contribution in [0.4, 0.5) is 4.39 Å². The van der Waals surface area contributed by atoms with Gasteiger partial charge in [-0.2, -0.15) is 0 Å². The van der Waals surface area contributed by atoms with Crippen LogP contribution in [0.2, 0.25) is 5.02 Å². The van der Waals surface area contributed by atoms with Crippen LogP contribution in [-0.2, 0) is 16.1 Å². The number of rotatable bonds is 9. The Bertz CT molecular complexity index is 883. The predicted molar refractivity (Wildman–Crippen MR) is 121 cm³/mol. The van der Waals surface area contributed by atoms with Gasteiger partial charge in [-0.25, -0.2) is 4.39 Å². The number of aliphatic hydroxyl groups excluding tert-OH is 1. The number of benzene rings is 2. The maximum atomic E-state index is 14.2. The molecule has 7 heteroatoms. The molecule has 0 unspecified atom stereocenters. The fourth-order valence-corrected chi connectivity index (χ4v) is 3.52. The van der Waals surface area contributed by atoms with Crippen molar-refractivity contribution in [3.8, 4) is 0 Å². The van der Waals surface area contributed by atoms with E-state index in [1.165, 1.54) is 6.07 Å². The molecule has 1 aliphatic rings. The van der Waals surface area contributed by atoms with E-state index in [1.807, 2.05) is 56.0 Å². The third kappa shape index (κ3) is 7.58. The highest BCUT2D eigenvalue weighted by molar-refractivity contribution is 6.30. The molecule has 1 aliphatic heterocycles. The standard InChI is InChI=1S/C24H30ClFN2O3/c1-24(2,3)30-16-20(29)14-28(13-18-6-4-5-7-22(18)26)15-21-12-23(27-31-21)17-8-10-19(25)11-9-17/h4-11,20-21,29H,12-16H2,1-3H3/t20-,21+/m1/s1. The van der Waals surface area contributed by atoms with Crippen LogP contribution in [0.3, 0.4) is 0 Å². The molecule has 0 spiro atoms. The first-order chi connectivity index (χ1) is 14.7. The highest BCUT2D eigenvalue weighted by Crippen LogP contribution is 2.21. The van der Waals surface area contributed by atoms with Crippen molar-refractivity contribution in [2.75, 3.05) is 19.7 Å². The molecule has 0 fully saturated rings. The lowest BCUT2D eigenvalue weighted by molar-refractivity contribution is -0.0601. The van der Waals surface area contributed by atoms with Crippen molar-refractivity contribution >= 4 is 17.3 Å². The molecular formula is C24H30ClFN2O3. The lowest BCUT2D eigenvalue weighted by Crippen LogP contribution is -2.40. The summed E-state index contributed by atoms with van der Waals surface area (Å²) in [6.45, 7) is 7.23. The summed E-state index contributed by atoms with van der Waals surface area (Å²) in [6.07, 6.45) is -0.262. The van der Waals surface area contributed by atoms with Crippen LogP contribution in [0.25, 0.3) is 0 Å². The van der Waals surface area contributed by atoms with E-state index in [2.05, 4.69) is 5.16 Å². The third-order valence-corrected chi connectivity index (χ3v) is 5.15. The lowest BCUT2D eigenvalue weighted by Gasteiger charge is -2.28. The number of aliphatic hydroxyl groups is 1. The van der Waals surface area contributed by atoms with Crippen LogP contribution in [-0.4, -0.2) is 53.2 Å². The monoisotopic (exact) mass is 448 g/mol. The van der Waals surface area contributed by atoms with Crippen LogP contribution >= 0.6 is 11.6 Å². The van der Waals surface area contributed by atoms with Crippen LogP contribution in [0.5, 0.6) is 0 Å². The van der Waals surface area contributed by atoms with Crippen molar-refractivity contribution in [1.82, 2.24) is 4.90 Å². The van der Waals surface area contributed by atoms with Crippen LogP contribution in [0.1, 0.15) is 38.3 Å². The van der Waals surface area contributed by atoms with E-state index in [0.29, 0.717) is 36.6 Å². The molecule has 2 aromatic rings. The molecule has 2 atom stereocenters. The van der Waals surface area contributed by atoms with Gasteiger partial charge < -0.3 is 14.7 Å². The van der Waals surface area contributed by atoms with E-state index in [4.69, 9.17) is 21.2 Å². The molecule has 0 radical (unpaired) electrons. The molecule has 168 valence electrons. The molecular weight excluding hydrogens is 419 g/mol. The van der Waals surface area contributed by atoms with Gasteiger partial charge in [0.25, 0.3) is 0 Å². The Morgan fingerprint density at radius 3 is 2.61 bits per heavy atom. The fraction of sp³-hybridized carbons (Fsp3) is 0.458. The van der Waals surface area contributed by atoms with Crippen molar-refractivity contribution in [2.45, 2.75) is 51.5 Å². The average molecular weight is 449 g/mol. The summed E-state index contributed by atoms with van der Waals surface area (Å²) < 4.78 is 19.9. The smallest absolute Gasteiger partial charge is 0.145 e. The quantitative estimate of drug-likeness (QED) is 0.606. The minimum atomic E-state index is -0.705. The van der Waals surface area contributed by atoms with Crippen molar-refractivity contribution in [2.24, 2.45) is 5.16 Å². The zero-order chi connectivity index (χ0) is 22.4. The number of hydrogen-bond acceptors (Lipinski definition) is 5. The first kappa shape index (κ1) is 23.7. The van der Waals surface area contributed by atoms with E-state index in [9.17, 15) is 9.50 Å². The third-order valence-electron chi connectivity index (χ3n) is 4.90. The topological polar surface area (TPSA) is 54.3 Å². The van der Waals surface area contributed by atoms with Crippen molar-refractivity contribution in [1.29, 1.82) is 0 Å². The van der Waals surface area contributed by atoms with E-state index in [-0.39, 0.29) is 24.1 Å². The Balaban J connectivity index is 1.63. The lowest BCUT2D eigenvalue weighted by atomic mass is 10.0. The van der Waals surface area contributed by atoms with E-state index in [1.54, 1.807) is 12.1 Å². The highest BCUT2D eigenvalue weighted by atomic mass is 35.5. The number of ether oxygens (including phenoxy) is 1. The van der Waals surface area contributed by atoms with Gasteiger partial charge in [0.2, 0.25) is 0 Å². The molecule has 1 N–H and O–H groups in total. The van der Waals surface area contributed by atoms with Crippen molar-refractivity contribution in [3.63, 3.8) is 0 Å². The maximum absolute atomic E-state index is 14.2. The highest BCUT2D eigenvalue weighted by Gasteiger charge is 2.26. The molecule has 31 heavy (non-hydrogen) atoms. The molecule has 3 rings (SSSR count). The number of halogens is 2. The Labute approximate surface area is 188 Å². The molecule has 0 bridgehead atoms. The minimum absolute atomic E-state index is 0.187. The zero-order valence-corrected chi connectivity index (χ0v) is 19.0. The van der Waals surface area contributed by atoms with Gasteiger partial charge in [-0.1, -0.05) is 47.1 Å². The van der Waals surface area contributed by atoms with E-state index >= 15 is 0 Å². The first-order valence-corrected chi connectivity index (χ1v) is 10.8. The Hall–Kier alpha value is -1.99. The average Bonchev–Trinajstić information content (AvgIpc) is 3.16. The SMILES string of the molecule is CC(C)(C)OC[C@H](O)CN(Cc1ccccc1F)C[C@@H]1CC(c2ccc(Cl)cc2)=NO1. The minimum Gasteiger partial charge on any atom is -0.390 e. The first-order valence-electron chi connectivity index (χ1n) is 10.5. The number of oxime groups is 1. The number of nitrogens with zero attached hydrogens (tertiary/aromatic N) is 2. The molecule has 0 aromatic heterocycles. The molecule has 1 heterocycles. The van der Waals surface area contributed by atoms with E-state index in [0.717, 1.165) is 11.3 Å². The van der Waals surface area contributed by atoms with Gasteiger partial charge in [-0.05, 0) is 44.5 Å². The molecule has 0 amide bonds. The molecule has 0 aliphatic carbocycles. The van der Waals surface area contributed by atoms with Crippen molar-refractivity contribution < 1.29 is 19.1 Å². The van der Waals surface area contributed by atoms with Gasteiger partial charge in [-0.3, -0.25) is 4.90 Å². The van der Waals surface area contributed by atoms with Gasteiger partial charge in [0.1, 0.15) is 11.9 Å². The van der Waals surface area contributed by atoms with E-state index < -0.39 is 6.10 Å².